The van der Waals surface area contributed by atoms with Crippen LogP contribution in [0.3, 0.4) is 0 Å². The summed E-state index contributed by atoms with van der Waals surface area (Å²) in [6.07, 6.45) is 10.6. The van der Waals surface area contributed by atoms with Gasteiger partial charge in [-0.1, -0.05) is 48.6 Å². The second-order valence-electron chi connectivity index (χ2n) is 5.85. The van der Waals surface area contributed by atoms with Crippen LogP contribution in [0.5, 0.6) is 0 Å². The largest absolute Gasteiger partial charge is 0.196 e. The van der Waals surface area contributed by atoms with Gasteiger partial charge in [0, 0.05) is 5.92 Å². The van der Waals surface area contributed by atoms with E-state index in [1.165, 1.54) is 24.0 Å². The fraction of sp³-hybridized carbons (Fsp3) is 0.389. The normalized spacial score (nSPS) is 30.0. The molecule has 102 valence electrons. The second-order valence-corrected chi connectivity index (χ2v) is 6.57. The van der Waals surface area contributed by atoms with Crippen molar-refractivity contribution in [1.82, 2.24) is 0 Å². The summed E-state index contributed by atoms with van der Waals surface area (Å²) in [4.78, 5) is -0.739. The lowest BCUT2D eigenvalue weighted by atomic mass is 9.79. The Kier molecular flexibility index (Phi) is 3.68. The number of hydrogen-bond donors (Lipinski definition) is 0. The smallest absolute Gasteiger partial charge is 0.135 e. The van der Waals surface area contributed by atoms with E-state index in [-0.39, 0.29) is 5.92 Å². The number of halogens is 1. The third kappa shape index (κ3) is 2.97. The number of allylic oxidation sites excluding steroid dienone is 4. The van der Waals surface area contributed by atoms with E-state index in [1.807, 2.05) is 6.07 Å². The molecule has 0 spiro atoms. The third-order valence-corrected chi connectivity index (χ3v) is 4.49. The molecule has 0 heterocycles. The maximum absolute atomic E-state index is 9.28. The van der Waals surface area contributed by atoms with E-state index in [0.717, 1.165) is 0 Å². The van der Waals surface area contributed by atoms with Crippen molar-refractivity contribution < 1.29 is 0 Å². The van der Waals surface area contributed by atoms with E-state index in [0.29, 0.717) is 18.8 Å². The van der Waals surface area contributed by atoms with Crippen molar-refractivity contribution in [2.24, 2.45) is 11.8 Å². The molecule has 1 nitrogen and oxygen atoms in total. The van der Waals surface area contributed by atoms with Gasteiger partial charge in [0.1, 0.15) is 4.87 Å². The minimum absolute atomic E-state index is 0.254. The van der Waals surface area contributed by atoms with Crippen molar-refractivity contribution >= 4 is 17.2 Å². The molecule has 0 amide bonds. The summed E-state index contributed by atoms with van der Waals surface area (Å²) < 4.78 is 0. The fourth-order valence-electron chi connectivity index (χ4n) is 2.81. The molecular weight excluding hydrogens is 266 g/mol. The number of nitrogens with zero attached hydrogens (tertiary/aromatic N) is 1. The standard InChI is InChI=1S/C18H18ClN/c19-18(13-20)10-4-7-16(12-18)17(11-14-8-9-14)15-5-2-1-3-6-15/h1-7,11,14,16H,8-10,12H2/b17-11+. The first-order valence-electron chi connectivity index (χ1n) is 7.24. The van der Waals surface area contributed by atoms with Crippen molar-refractivity contribution in [3.05, 3.63) is 54.1 Å². The Balaban J connectivity index is 1.93. The van der Waals surface area contributed by atoms with Gasteiger partial charge in [-0.05, 0) is 42.7 Å². The van der Waals surface area contributed by atoms with Crippen LogP contribution in [-0.4, -0.2) is 4.87 Å². The molecule has 0 bridgehead atoms. The van der Waals surface area contributed by atoms with Gasteiger partial charge in [0.25, 0.3) is 0 Å². The Hall–Kier alpha value is -1.52. The zero-order valence-electron chi connectivity index (χ0n) is 11.4. The molecule has 3 rings (SSSR count). The van der Waals surface area contributed by atoms with Gasteiger partial charge in [0.2, 0.25) is 0 Å². The fourth-order valence-corrected chi connectivity index (χ4v) is 3.06. The SMILES string of the molecule is N#CC1(Cl)CC=CC(/C(=C/C2CC2)c2ccccc2)C1. The monoisotopic (exact) mass is 283 g/mol. The number of benzene rings is 1. The first-order valence-corrected chi connectivity index (χ1v) is 7.62. The molecule has 2 aliphatic carbocycles. The highest BCUT2D eigenvalue weighted by molar-refractivity contribution is 6.26. The van der Waals surface area contributed by atoms with E-state index >= 15 is 0 Å². The molecule has 2 unspecified atom stereocenters. The Labute approximate surface area is 125 Å². The van der Waals surface area contributed by atoms with Gasteiger partial charge in [0.05, 0.1) is 6.07 Å². The van der Waals surface area contributed by atoms with Gasteiger partial charge in [0.15, 0.2) is 0 Å². The Morgan fingerprint density at radius 2 is 2.05 bits per heavy atom. The van der Waals surface area contributed by atoms with Crippen LogP contribution in [0.4, 0.5) is 0 Å². The van der Waals surface area contributed by atoms with Crippen LogP contribution in [0.15, 0.2) is 48.6 Å². The van der Waals surface area contributed by atoms with E-state index in [2.05, 4.69) is 48.6 Å². The van der Waals surface area contributed by atoms with Crippen LogP contribution in [0.2, 0.25) is 0 Å². The summed E-state index contributed by atoms with van der Waals surface area (Å²) in [7, 11) is 0. The number of nitriles is 1. The molecule has 2 heteroatoms. The highest BCUT2D eigenvalue weighted by Crippen LogP contribution is 2.42. The van der Waals surface area contributed by atoms with Crippen LogP contribution >= 0.6 is 11.6 Å². The van der Waals surface area contributed by atoms with Crippen LogP contribution in [0.25, 0.3) is 5.57 Å². The van der Waals surface area contributed by atoms with Gasteiger partial charge < -0.3 is 0 Å². The third-order valence-electron chi connectivity index (χ3n) is 4.10. The average molecular weight is 284 g/mol. The van der Waals surface area contributed by atoms with Gasteiger partial charge in [-0.2, -0.15) is 5.26 Å². The van der Waals surface area contributed by atoms with Crippen molar-refractivity contribution in [3.8, 4) is 6.07 Å². The first kappa shape index (κ1) is 13.5. The van der Waals surface area contributed by atoms with E-state index in [9.17, 15) is 5.26 Å². The topological polar surface area (TPSA) is 23.8 Å². The zero-order valence-corrected chi connectivity index (χ0v) is 12.2. The lowest BCUT2D eigenvalue weighted by Crippen LogP contribution is -2.25. The van der Waals surface area contributed by atoms with Crippen molar-refractivity contribution in [2.45, 2.75) is 30.6 Å². The minimum atomic E-state index is -0.739. The Morgan fingerprint density at radius 3 is 2.70 bits per heavy atom. The summed E-state index contributed by atoms with van der Waals surface area (Å²) >= 11 is 6.40. The summed E-state index contributed by atoms with van der Waals surface area (Å²) in [5.41, 5.74) is 2.59. The molecular formula is C18H18ClN. The van der Waals surface area contributed by atoms with Crippen molar-refractivity contribution in [3.63, 3.8) is 0 Å². The van der Waals surface area contributed by atoms with E-state index in [1.54, 1.807) is 0 Å². The number of rotatable bonds is 3. The summed E-state index contributed by atoms with van der Waals surface area (Å²) in [6.45, 7) is 0. The molecule has 20 heavy (non-hydrogen) atoms. The van der Waals surface area contributed by atoms with Crippen LogP contribution in [0.1, 0.15) is 31.2 Å². The average Bonchev–Trinajstić information content (AvgIpc) is 3.30. The van der Waals surface area contributed by atoms with E-state index in [4.69, 9.17) is 11.6 Å². The minimum Gasteiger partial charge on any atom is -0.196 e. The first-order chi connectivity index (χ1) is 9.70. The Bertz CT molecular complexity index is 577. The van der Waals surface area contributed by atoms with Gasteiger partial charge in [-0.3, -0.25) is 0 Å². The lowest BCUT2D eigenvalue weighted by molar-refractivity contribution is 0.568. The summed E-state index contributed by atoms with van der Waals surface area (Å²) in [6, 6.07) is 12.8. The molecule has 1 fully saturated rings. The molecule has 0 aliphatic heterocycles. The highest BCUT2D eigenvalue weighted by atomic mass is 35.5. The predicted octanol–water partition coefficient (Wildman–Crippen LogP) is 4.95. The quantitative estimate of drug-likeness (QED) is 0.569. The lowest BCUT2D eigenvalue weighted by Gasteiger charge is -2.28. The van der Waals surface area contributed by atoms with Crippen LogP contribution in [0, 0.1) is 23.2 Å². The zero-order chi connectivity index (χ0) is 14.0. The number of alkyl halides is 1. The van der Waals surface area contributed by atoms with E-state index < -0.39 is 4.87 Å². The molecule has 0 N–H and O–H groups in total. The second kappa shape index (κ2) is 5.46. The molecule has 0 radical (unpaired) electrons. The molecule has 1 aromatic carbocycles. The van der Waals surface area contributed by atoms with Crippen LogP contribution < -0.4 is 0 Å². The predicted molar refractivity (Wildman–Crippen MR) is 83.2 cm³/mol. The summed E-state index contributed by atoms with van der Waals surface area (Å²) in [5, 5.41) is 9.28. The molecule has 0 aromatic heterocycles. The Morgan fingerprint density at radius 1 is 1.30 bits per heavy atom. The van der Waals surface area contributed by atoms with Gasteiger partial charge in [-0.15, -0.1) is 11.6 Å². The van der Waals surface area contributed by atoms with Gasteiger partial charge >= 0.3 is 0 Å². The highest BCUT2D eigenvalue weighted by Gasteiger charge is 2.34. The maximum Gasteiger partial charge on any atom is 0.135 e. The van der Waals surface area contributed by atoms with Crippen molar-refractivity contribution in [1.29, 1.82) is 5.26 Å². The molecule has 1 saturated carbocycles. The maximum atomic E-state index is 9.28. The molecule has 2 atom stereocenters. The molecule has 0 saturated heterocycles. The van der Waals surface area contributed by atoms with Crippen LogP contribution in [-0.2, 0) is 0 Å². The number of hydrogen-bond acceptors (Lipinski definition) is 1. The van der Waals surface area contributed by atoms with Gasteiger partial charge in [-0.25, -0.2) is 0 Å². The molecule has 2 aliphatic rings. The molecule has 1 aromatic rings. The summed E-state index contributed by atoms with van der Waals surface area (Å²) in [5.74, 6) is 0.969. The van der Waals surface area contributed by atoms with Crippen molar-refractivity contribution in [2.75, 3.05) is 0 Å².